The third kappa shape index (κ3) is 4.03. The number of hydrogen-bond acceptors (Lipinski definition) is 9. The molecule has 0 aliphatic heterocycles. The molecule has 5 rings (SSSR count). The first kappa shape index (κ1) is 22.7. The average Bonchev–Trinajstić information content (AvgIpc) is 3.61. The minimum absolute atomic E-state index is 0.0554. The number of hydrogen-bond donors (Lipinski definition) is 2. The largest absolute Gasteiger partial charge is 0.357 e. The number of thiazole rings is 1. The number of aromatic amines is 1. The minimum atomic E-state index is -4.42. The number of amides is 1. The lowest BCUT2D eigenvalue weighted by molar-refractivity contribution is 0.102. The van der Waals surface area contributed by atoms with Crippen molar-refractivity contribution in [3.05, 3.63) is 77.2 Å². The van der Waals surface area contributed by atoms with Gasteiger partial charge in [-0.3, -0.25) is 10.1 Å². The van der Waals surface area contributed by atoms with E-state index in [0.717, 1.165) is 34.0 Å². The van der Waals surface area contributed by atoms with Crippen LogP contribution in [0.5, 0.6) is 0 Å². The zero-order valence-corrected chi connectivity index (χ0v) is 21.0. The van der Waals surface area contributed by atoms with E-state index in [0.29, 0.717) is 24.8 Å². The van der Waals surface area contributed by atoms with E-state index in [2.05, 4.69) is 15.3 Å². The van der Waals surface area contributed by atoms with Gasteiger partial charge in [0.2, 0.25) is 0 Å². The van der Waals surface area contributed by atoms with Crippen molar-refractivity contribution in [3.63, 3.8) is 0 Å². The molecule has 0 atom stereocenters. The molecular weight excluding hydrogens is 537 g/mol. The molecule has 5 aromatic rings. The summed E-state index contributed by atoms with van der Waals surface area (Å²) < 4.78 is 54.5. The molecule has 0 fully saturated rings. The lowest BCUT2D eigenvalue weighted by Crippen LogP contribution is -2.36. The maximum absolute atomic E-state index is 13.4. The average molecular weight is 551 g/mol. The topological polar surface area (TPSA) is 129 Å². The van der Waals surface area contributed by atoms with Gasteiger partial charge >= 0.3 is 0 Å². The van der Waals surface area contributed by atoms with Crippen LogP contribution in [-0.2, 0) is 20.0 Å². The third-order valence-electron chi connectivity index (χ3n) is 4.58. The number of carbonyl (C=O) groups is 1. The van der Waals surface area contributed by atoms with Crippen molar-refractivity contribution in [2.45, 2.75) is 8.42 Å². The first-order valence-corrected chi connectivity index (χ1v) is 15.0. The molecule has 0 spiro atoms. The van der Waals surface area contributed by atoms with Gasteiger partial charge in [-0.05, 0) is 53.2 Å². The predicted molar refractivity (Wildman–Crippen MR) is 134 cm³/mol. The number of sulfonamides is 2. The molecule has 0 unspecified atom stereocenters. The van der Waals surface area contributed by atoms with Crippen LogP contribution in [0.2, 0.25) is 0 Å². The standard InChI is InChI=1S/C20H14N4O5S5/c25-19(15-4-1-9-21-15)23-20-22-14-8-7-13(12-16(14)32-20)24(33(26,27)17-5-2-10-30-17)34(28,29)18-6-3-11-31-18/h1-12,21H,(H,22,23,25). The van der Waals surface area contributed by atoms with Crippen LogP contribution in [0.3, 0.4) is 0 Å². The first-order chi connectivity index (χ1) is 16.3. The van der Waals surface area contributed by atoms with E-state index in [4.69, 9.17) is 0 Å². The van der Waals surface area contributed by atoms with Gasteiger partial charge in [0.05, 0.1) is 15.9 Å². The van der Waals surface area contributed by atoms with E-state index in [-0.39, 0.29) is 20.0 Å². The third-order valence-corrected chi connectivity index (χ3v) is 12.4. The summed E-state index contributed by atoms with van der Waals surface area (Å²) in [5.74, 6) is -0.383. The van der Waals surface area contributed by atoms with E-state index in [1.54, 1.807) is 41.2 Å². The normalized spacial score (nSPS) is 12.1. The van der Waals surface area contributed by atoms with Crippen molar-refractivity contribution in [1.29, 1.82) is 0 Å². The molecule has 4 heterocycles. The van der Waals surface area contributed by atoms with Gasteiger partial charge < -0.3 is 4.98 Å². The molecule has 0 radical (unpaired) electrons. The van der Waals surface area contributed by atoms with Crippen LogP contribution in [-0.4, -0.2) is 32.7 Å². The minimum Gasteiger partial charge on any atom is -0.357 e. The van der Waals surface area contributed by atoms with Crippen molar-refractivity contribution >= 4 is 81.0 Å². The van der Waals surface area contributed by atoms with Gasteiger partial charge in [0.1, 0.15) is 14.1 Å². The Morgan fingerprint density at radius 3 is 2.15 bits per heavy atom. The summed E-state index contributed by atoms with van der Waals surface area (Å²) in [4.78, 5) is 19.5. The van der Waals surface area contributed by atoms with Gasteiger partial charge in [-0.15, -0.1) is 22.7 Å². The highest BCUT2D eigenvalue weighted by molar-refractivity contribution is 8.11. The molecule has 1 amide bonds. The second-order valence-corrected chi connectivity index (χ2v) is 14.0. The zero-order valence-electron chi connectivity index (χ0n) is 16.9. The van der Waals surface area contributed by atoms with Crippen LogP contribution in [0, 0.1) is 0 Å². The van der Waals surface area contributed by atoms with Crippen LogP contribution in [0.1, 0.15) is 10.5 Å². The molecule has 14 heteroatoms. The lowest BCUT2D eigenvalue weighted by atomic mass is 10.3. The molecule has 174 valence electrons. The summed E-state index contributed by atoms with van der Waals surface area (Å²) in [6.07, 6.45) is 1.62. The Morgan fingerprint density at radius 2 is 1.59 bits per heavy atom. The molecule has 0 saturated heterocycles. The Kier molecular flexibility index (Phi) is 5.77. The number of rotatable bonds is 7. The summed E-state index contributed by atoms with van der Waals surface area (Å²) in [7, 11) is -8.85. The molecule has 34 heavy (non-hydrogen) atoms. The van der Waals surface area contributed by atoms with E-state index in [1.165, 1.54) is 30.3 Å². The fourth-order valence-corrected chi connectivity index (χ4v) is 10.1. The number of H-pyrrole nitrogens is 1. The number of aromatic nitrogens is 2. The Labute approximate surface area is 206 Å². The Bertz CT molecular complexity index is 1610. The summed E-state index contributed by atoms with van der Waals surface area (Å²) >= 11 is 2.96. The predicted octanol–water partition coefficient (Wildman–Crippen LogP) is 4.58. The summed E-state index contributed by atoms with van der Waals surface area (Å²) in [6, 6.07) is 13.4. The Balaban J connectivity index is 1.59. The molecule has 0 aliphatic carbocycles. The quantitative estimate of drug-likeness (QED) is 0.305. The van der Waals surface area contributed by atoms with Crippen LogP contribution in [0.25, 0.3) is 10.2 Å². The van der Waals surface area contributed by atoms with Crippen LogP contribution >= 0.6 is 34.0 Å². The molecule has 0 aliphatic rings. The molecule has 0 saturated carbocycles. The maximum atomic E-state index is 13.4. The van der Waals surface area contributed by atoms with Gasteiger partial charge in [-0.1, -0.05) is 23.5 Å². The van der Waals surface area contributed by atoms with Crippen LogP contribution < -0.4 is 9.03 Å². The van der Waals surface area contributed by atoms with E-state index in [9.17, 15) is 21.6 Å². The van der Waals surface area contributed by atoms with E-state index < -0.39 is 20.0 Å². The van der Waals surface area contributed by atoms with Crippen LogP contribution in [0.15, 0.2) is 80.0 Å². The lowest BCUT2D eigenvalue weighted by Gasteiger charge is -2.22. The molecule has 2 N–H and O–H groups in total. The number of nitrogens with one attached hydrogen (secondary N) is 2. The van der Waals surface area contributed by atoms with Gasteiger partial charge in [0.25, 0.3) is 26.0 Å². The van der Waals surface area contributed by atoms with Crippen molar-refractivity contribution in [1.82, 2.24) is 9.97 Å². The maximum Gasteiger partial charge on any atom is 0.287 e. The van der Waals surface area contributed by atoms with Gasteiger partial charge in [0.15, 0.2) is 5.13 Å². The fourth-order valence-electron chi connectivity index (χ4n) is 3.11. The van der Waals surface area contributed by atoms with Gasteiger partial charge in [0, 0.05) is 6.20 Å². The second kappa shape index (κ2) is 8.63. The number of nitrogens with zero attached hydrogens (tertiary/aromatic N) is 2. The molecular formula is C20H14N4O5S5. The van der Waals surface area contributed by atoms with Crippen molar-refractivity contribution < 1.29 is 21.6 Å². The highest BCUT2D eigenvalue weighted by Crippen LogP contribution is 2.37. The fraction of sp³-hybridized carbons (Fsp3) is 0. The molecule has 1 aromatic carbocycles. The highest BCUT2D eigenvalue weighted by Gasteiger charge is 2.38. The van der Waals surface area contributed by atoms with Crippen molar-refractivity contribution in [3.8, 4) is 0 Å². The zero-order chi connectivity index (χ0) is 23.9. The number of thiophene rings is 2. The van der Waals surface area contributed by atoms with Crippen molar-refractivity contribution in [2.75, 3.05) is 9.03 Å². The van der Waals surface area contributed by atoms with E-state index in [1.807, 2.05) is 0 Å². The summed E-state index contributed by atoms with van der Waals surface area (Å²) in [5, 5.41) is 6.10. The van der Waals surface area contributed by atoms with Gasteiger partial charge in [-0.2, -0.15) is 20.5 Å². The number of benzene rings is 1. The number of anilines is 2. The Hall–Kier alpha value is -3.04. The number of fused-ring (bicyclic) bond motifs is 1. The monoisotopic (exact) mass is 550 g/mol. The first-order valence-electron chi connectivity index (χ1n) is 9.50. The number of carbonyl (C=O) groups excluding carboxylic acids is 1. The van der Waals surface area contributed by atoms with Gasteiger partial charge in [-0.25, -0.2) is 4.98 Å². The molecule has 9 nitrogen and oxygen atoms in total. The smallest absolute Gasteiger partial charge is 0.287 e. The Morgan fingerprint density at radius 1 is 0.912 bits per heavy atom. The SMILES string of the molecule is O=C(Nc1nc2ccc(N(S(=O)(=O)c3cccs3)S(=O)(=O)c3cccs3)cc2s1)c1ccc[nH]1. The second-order valence-electron chi connectivity index (χ2n) is 6.78. The highest BCUT2D eigenvalue weighted by atomic mass is 32.3. The van der Waals surface area contributed by atoms with Crippen LogP contribution in [0.4, 0.5) is 10.8 Å². The summed E-state index contributed by atoms with van der Waals surface area (Å²) in [6.45, 7) is 0. The van der Waals surface area contributed by atoms with E-state index >= 15 is 0 Å². The molecule has 4 aromatic heterocycles. The molecule has 0 bridgehead atoms. The van der Waals surface area contributed by atoms with Crippen molar-refractivity contribution in [2.24, 2.45) is 0 Å². The summed E-state index contributed by atoms with van der Waals surface area (Å²) in [5.41, 5.74) is 0.785.